The SMILES string of the molecule is CCOC(=O)C1=C(Cn2nnc(-c3cccc(F)c3)n2)NC(=O)NC1C. The molecule has 10 heteroatoms. The van der Waals surface area contributed by atoms with E-state index in [2.05, 4.69) is 26.0 Å². The van der Waals surface area contributed by atoms with Crippen LogP contribution in [0.2, 0.25) is 0 Å². The van der Waals surface area contributed by atoms with Gasteiger partial charge in [0.15, 0.2) is 0 Å². The van der Waals surface area contributed by atoms with Crippen LogP contribution in [0.25, 0.3) is 11.4 Å². The van der Waals surface area contributed by atoms with E-state index in [1.165, 1.54) is 16.9 Å². The highest BCUT2D eigenvalue weighted by atomic mass is 19.1. The quantitative estimate of drug-likeness (QED) is 0.770. The molecular weight excluding hydrogens is 343 g/mol. The highest BCUT2D eigenvalue weighted by Crippen LogP contribution is 2.17. The highest BCUT2D eigenvalue weighted by Gasteiger charge is 2.30. The smallest absolute Gasteiger partial charge is 0.337 e. The molecule has 2 N–H and O–H groups in total. The van der Waals surface area contributed by atoms with Gasteiger partial charge >= 0.3 is 12.0 Å². The number of nitrogens with one attached hydrogen (secondary N) is 2. The minimum atomic E-state index is -0.534. The third kappa shape index (κ3) is 3.68. The Hall–Kier alpha value is -3.30. The number of nitrogens with zero attached hydrogens (tertiary/aromatic N) is 4. The van der Waals surface area contributed by atoms with E-state index >= 15 is 0 Å². The Kier molecular flexibility index (Phi) is 4.92. The topological polar surface area (TPSA) is 111 Å². The second-order valence-corrected chi connectivity index (χ2v) is 5.59. The zero-order valence-corrected chi connectivity index (χ0v) is 14.2. The van der Waals surface area contributed by atoms with Crippen molar-refractivity contribution in [3.8, 4) is 11.4 Å². The van der Waals surface area contributed by atoms with E-state index < -0.39 is 23.9 Å². The van der Waals surface area contributed by atoms with Crippen molar-refractivity contribution in [2.45, 2.75) is 26.4 Å². The Morgan fingerprint density at radius 3 is 2.96 bits per heavy atom. The van der Waals surface area contributed by atoms with Crippen molar-refractivity contribution in [1.82, 2.24) is 30.8 Å². The van der Waals surface area contributed by atoms with Crippen LogP contribution in [0.1, 0.15) is 13.8 Å². The van der Waals surface area contributed by atoms with Gasteiger partial charge in [-0.15, -0.1) is 10.2 Å². The molecule has 26 heavy (non-hydrogen) atoms. The fraction of sp³-hybridized carbons (Fsp3) is 0.312. The standard InChI is InChI=1S/C16H17FN6O3/c1-3-26-15(24)13-9(2)18-16(25)19-12(13)8-23-21-14(20-22-23)10-5-4-6-11(17)7-10/h4-7,9H,3,8H2,1-2H3,(H2,18,19,25). The molecule has 0 radical (unpaired) electrons. The second kappa shape index (κ2) is 7.30. The Balaban J connectivity index is 1.89. The van der Waals surface area contributed by atoms with Gasteiger partial charge in [0.25, 0.3) is 0 Å². The number of allylic oxidation sites excluding steroid dienone is 1. The molecule has 2 heterocycles. The van der Waals surface area contributed by atoms with Crippen LogP contribution in [-0.4, -0.2) is 44.9 Å². The van der Waals surface area contributed by atoms with Gasteiger partial charge in [-0.05, 0) is 31.2 Å². The Morgan fingerprint density at radius 1 is 1.42 bits per heavy atom. The first-order valence-corrected chi connectivity index (χ1v) is 7.99. The summed E-state index contributed by atoms with van der Waals surface area (Å²) in [4.78, 5) is 25.2. The van der Waals surface area contributed by atoms with E-state index in [4.69, 9.17) is 4.74 Å². The second-order valence-electron chi connectivity index (χ2n) is 5.59. The molecule has 0 saturated carbocycles. The van der Waals surface area contributed by atoms with Gasteiger partial charge in [0.2, 0.25) is 5.82 Å². The number of tetrazole rings is 1. The molecule has 3 rings (SSSR count). The van der Waals surface area contributed by atoms with Crippen molar-refractivity contribution in [1.29, 1.82) is 0 Å². The molecule has 1 aromatic heterocycles. The first kappa shape index (κ1) is 17.5. The van der Waals surface area contributed by atoms with Gasteiger partial charge in [0.1, 0.15) is 12.4 Å². The third-order valence-corrected chi connectivity index (χ3v) is 3.70. The van der Waals surface area contributed by atoms with Gasteiger partial charge in [-0.2, -0.15) is 4.80 Å². The number of halogens is 1. The first-order valence-electron chi connectivity index (χ1n) is 7.99. The average Bonchev–Trinajstić information content (AvgIpc) is 3.03. The molecule has 1 unspecified atom stereocenters. The predicted octanol–water partition coefficient (Wildman–Crippen LogP) is 0.998. The Morgan fingerprint density at radius 2 is 2.23 bits per heavy atom. The van der Waals surface area contributed by atoms with E-state index in [0.717, 1.165) is 0 Å². The number of urea groups is 1. The van der Waals surface area contributed by atoms with E-state index in [0.29, 0.717) is 11.3 Å². The van der Waals surface area contributed by atoms with Gasteiger partial charge < -0.3 is 15.4 Å². The van der Waals surface area contributed by atoms with Crippen molar-refractivity contribution < 1.29 is 18.7 Å². The first-order chi connectivity index (χ1) is 12.5. The van der Waals surface area contributed by atoms with Crippen LogP contribution >= 0.6 is 0 Å². The van der Waals surface area contributed by atoms with Gasteiger partial charge in [0, 0.05) is 5.56 Å². The Labute approximate surface area is 148 Å². The van der Waals surface area contributed by atoms with Gasteiger partial charge in [-0.3, -0.25) is 0 Å². The van der Waals surface area contributed by atoms with E-state index in [1.807, 2.05) is 0 Å². The summed E-state index contributed by atoms with van der Waals surface area (Å²) in [5, 5.41) is 17.2. The van der Waals surface area contributed by atoms with E-state index in [1.54, 1.807) is 26.0 Å². The molecule has 0 saturated heterocycles. The fourth-order valence-electron chi connectivity index (χ4n) is 2.60. The molecular formula is C16H17FN6O3. The summed E-state index contributed by atoms with van der Waals surface area (Å²) in [7, 11) is 0. The van der Waals surface area contributed by atoms with Crippen molar-refractivity contribution >= 4 is 12.0 Å². The molecule has 1 atom stereocenters. The number of esters is 1. The normalized spacial score (nSPS) is 16.9. The summed E-state index contributed by atoms with van der Waals surface area (Å²) < 4.78 is 18.4. The number of carbonyl (C=O) groups excluding carboxylic acids is 2. The summed E-state index contributed by atoms with van der Waals surface area (Å²) >= 11 is 0. The summed E-state index contributed by atoms with van der Waals surface area (Å²) in [6.45, 7) is 3.59. The van der Waals surface area contributed by atoms with E-state index in [9.17, 15) is 14.0 Å². The Bertz CT molecular complexity index is 878. The zero-order valence-electron chi connectivity index (χ0n) is 14.2. The molecule has 1 aliphatic heterocycles. The van der Waals surface area contributed by atoms with Gasteiger partial charge in [-0.1, -0.05) is 12.1 Å². The predicted molar refractivity (Wildman–Crippen MR) is 88.0 cm³/mol. The van der Waals surface area contributed by atoms with Crippen LogP contribution in [0.3, 0.4) is 0 Å². The van der Waals surface area contributed by atoms with Crippen LogP contribution in [0.4, 0.5) is 9.18 Å². The lowest BCUT2D eigenvalue weighted by molar-refractivity contribution is -0.139. The number of benzene rings is 1. The lowest BCUT2D eigenvalue weighted by atomic mass is 10.0. The fourth-order valence-corrected chi connectivity index (χ4v) is 2.60. The molecule has 0 fully saturated rings. The van der Waals surface area contributed by atoms with Gasteiger partial charge in [0.05, 0.1) is 23.9 Å². The molecule has 0 aliphatic carbocycles. The van der Waals surface area contributed by atoms with Crippen LogP contribution in [0, 0.1) is 5.82 Å². The van der Waals surface area contributed by atoms with Crippen LogP contribution < -0.4 is 10.6 Å². The maximum absolute atomic E-state index is 13.3. The maximum Gasteiger partial charge on any atom is 0.337 e. The summed E-state index contributed by atoms with van der Waals surface area (Å²) in [6, 6.07) is 4.84. The molecule has 0 bridgehead atoms. The summed E-state index contributed by atoms with van der Waals surface area (Å²) in [6.07, 6.45) is 0. The van der Waals surface area contributed by atoms with Crippen molar-refractivity contribution in [3.05, 3.63) is 41.4 Å². The highest BCUT2D eigenvalue weighted by molar-refractivity contribution is 5.94. The number of hydrogen-bond donors (Lipinski definition) is 2. The summed E-state index contributed by atoms with van der Waals surface area (Å²) in [5.41, 5.74) is 1.08. The molecule has 1 aliphatic rings. The number of amides is 2. The minimum absolute atomic E-state index is 0.00816. The summed E-state index contributed by atoms with van der Waals surface area (Å²) in [5.74, 6) is -0.713. The number of aromatic nitrogens is 4. The van der Waals surface area contributed by atoms with E-state index in [-0.39, 0.29) is 24.5 Å². The number of carbonyl (C=O) groups is 2. The van der Waals surface area contributed by atoms with Crippen molar-refractivity contribution in [2.24, 2.45) is 0 Å². The molecule has 0 spiro atoms. The van der Waals surface area contributed by atoms with Crippen LogP contribution in [-0.2, 0) is 16.1 Å². The number of ether oxygens (including phenoxy) is 1. The van der Waals surface area contributed by atoms with Crippen LogP contribution in [0.15, 0.2) is 35.5 Å². The molecule has 2 amide bonds. The number of hydrogen-bond acceptors (Lipinski definition) is 6. The molecule has 9 nitrogen and oxygen atoms in total. The zero-order chi connectivity index (χ0) is 18.7. The lowest BCUT2D eigenvalue weighted by Crippen LogP contribution is -2.50. The molecule has 1 aromatic carbocycles. The minimum Gasteiger partial charge on any atom is -0.463 e. The average molecular weight is 360 g/mol. The van der Waals surface area contributed by atoms with Crippen molar-refractivity contribution in [3.63, 3.8) is 0 Å². The molecule has 136 valence electrons. The van der Waals surface area contributed by atoms with Gasteiger partial charge in [-0.25, -0.2) is 14.0 Å². The lowest BCUT2D eigenvalue weighted by Gasteiger charge is -2.26. The number of rotatable bonds is 5. The third-order valence-electron chi connectivity index (χ3n) is 3.70. The monoisotopic (exact) mass is 360 g/mol. The van der Waals surface area contributed by atoms with Crippen molar-refractivity contribution in [2.75, 3.05) is 6.61 Å². The van der Waals surface area contributed by atoms with Crippen LogP contribution in [0.5, 0.6) is 0 Å². The largest absolute Gasteiger partial charge is 0.463 e. The maximum atomic E-state index is 13.3. The molecule has 2 aromatic rings.